The minimum atomic E-state index is -0.579. The van der Waals surface area contributed by atoms with Gasteiger partial charge in [0.2, 0.25) is 5.91 Å². The van der Waals surface area contributed by atoms with E-state index in [1.54, 1.807) is 0 Å². The number of aliphatic hydroxyl groups is 1. The van der Waals surface area contributed by atoms with Crippen LogP contribution in [0, 0.1) is 0 Å². The molecule has 1 fully saturated rings. The first-order valence-electron chi connectivity index (χ1n) is 5.25. The van der Waals surface area contributed by atoms with E-state index in [1.165, 1.54) is 0 Å². The molecule has 0 atom stereocenters. The molecule has 0 saturated carbocycles. The number of likely N-dealkylation sites (tertiary alicyclic amines) is 1. The summed E-state index contributed by atoms with van der Waals surface area (Å²) in [5.74, 6) is 0.172. The number of carbonyl (C=O) groups is 1. The van der Waals surface area contributed by atoms with E-state index in [4.69, 9.17) is 5.73 Å². The summed E-state index contributed by atoms with van der Waals surface area (Å²) in [6.45, 7) is 3.75. The van der Waals surface area contributed by atoms with Gasteiger partial charge in [-0.3, -0.25) is 4.79 Å². The maximum absolute atomic E-state index is 11.6. The van der Waals surface area contributed by atoms with Gasteiger partial charge >= 0.3 is 0 Å². The molecule has 4 heteroatoms. The summed E-state index contributed by atoms with van der Waals surface area (Å²) in [4.78, 5) is 13.4. The van der Waals surface area contributed by atoms with Gasteiger partial charge in [-0.15, -0.1) is 0 Å². The Kier molecular flexibility index (Phi) is 3.89. The van der Waals surface area contributed by atoms with E-state index in [1.807, 2.05) is 11.8 Å². The fourth-order valence-electron chi connectivity index (χ4n) is 1.65. The molecule has 0 aromatic heterocycles. The molecule has 1 rings (SSSR count). The van der Waals surface area contributed by atoms with Gasteiger partial charge in [0.15, 0.2) is 0 Å². The van der Waals surface area contributed by atoms with Crippen molar-refractivity contribution in [1.82, 2.24) is 4.90 Å². The summed E-state index contributed by atoms with van der Waals surface area (Å²) in [7, 11) is 0. The Morgan fingerprint density at radius 3 is 2.57 bits per heavy atom. The molecule has 0 aromatic rings. The standard InChI is InChI=1S/C10H20N2O2/c1-10(14)4-7-12(8-5-10)9(13)3-2-6-11/h14H,2-8,11H2,1H3. The van der Waals surface area contributed by atoms with E-state index < -0.39 is 5.60 Å². The van der Waals surface area contributed by atoms with Gasteiger partial charge in [0.1, 0.15) is 0 Å². The minimum Gasteiger partial charge on any atom is -0.390 e. The topological polar surface area (TPSA) is 66.6 Å². The first kappa shape index (κ1) is 11.5. The van der Waals surface area contributed by atoms with Gasteiger partial charge in [0.25, 0.3) is 0 Å². The van der Waals surface area contributed by atoms with Crippen LogP contribution in [0.15, 0.2) is 0 Å². The van der Waals surface area contributed by atoms with E-state index in [0.29, 0.717) is 38.9 Å². The highest BCUT2D eigenvalue weighted by Crippen LogP contribution is 2.21. The third-order valence-corrected chi connectivity index (χ3v) is 2.79. The average Bonchev–Trinajstić information content (AvgIpc) is 2.14. The van der Waals surface area contributed by atoms with Gasteiger partial charge in [-0.1, -0.05) is 0 Å². The van der Waals surface area contributed by atoms with Crippen LogP contribution in [0.1, 0.15) is 32.6 Å². The fourth-order valence-corrected chi connectivity index (χ4v) is 1.65. The summed E-state index contributed by atoms with van der Waals surface area (Å²) >= 11 is 0. The molecule has 0 aliphatic carbocycles. The van der Waals surface area contributed by atoms with Gasteiger partial charge in [-0.05, 0) is 32.7 Å². The zero-order valence-electron chi connectivity index (χ0n) is 8.83. The number of carbonyl (C=O) groups excluding carboxylic acids is 1. The number of amides is 1. The summed E-state index contributed by atoms with van der Waals surface area (Å²) in [6.07, 6.45) is 2.66. The summed E-state index contributed by atoms with van der Waals surface area (Å²) in [5, 5.41) is 9.69. The summed E-state index contributed by atoms with van der Waals surface area (Å²) in [5.41, 5.74) is 4.76. The Morgan fingerprint density at radius 2 is 2.07 bits per heavy atom. The number of nitrogens with two attached hydrogens (primary N) is 1. The second-order valence-electron chi connectivity index (χ2n) is 4.27. The lowest BCUT2D eigenvalue weighted by Crippen LogP contribution is -2.45. The number of hydrogen-bond donors (Lipinski definition) is 2. The number of rotatable bonds is 3. The van der Waals surface area contributed by atoms with Crippen molar-refractivity contribution in [2.75, 3.05) is 19.6 Å². The average molecular weight is 200 g/mol. The van der Waals surface area contributed by atoms with Gasteiger partial charge in [-0.25, -0.2) is 0 Å². The quantitative estimate of drug-likeness (QED) is 0.679. The van der Waals surface area contributed by atoms with Crippen molar-refractivity contribution < 1.29 is 9.90 Å². The molecule has 1 aliphatic heterocycles. The van der Waals surface area contributed by atoms with Gasteiger partial charge < -0.3 is 15.7 Å². The molecule has 82 valence electrons. The molecule has 1 amide bonds. The van der Waals surface area contributed by atoms with Crippen LogP contribution in [-0.2, 0) is 4.79 Å². The zero-order chi connectivity index (χ0) is 10.6. The molecule has 3 N–H and O–H groups in total. The highest BCUT2D eigenvalue weighted by Gasteiger charge is 2.28. The van der Waals surface area contributed by atoms with E-state index >= 15 is 0 Å². The Balaban J connectivity index is 2.30. The predicted molar refractivity (Wildman–Crippen MR) is 54.7 cm³/mol. The zero-order valence-corrected chi connectivity index (χ0v) is 8.83. The van der Waals surface area contributed by atoms with Crippen molar-refractivity contribution in [3.8, 4) is 0 Å². The molecule has 0 aromatic carbocycles. The van der Waals surface area contributed by atoms with Crippen molar-refractivity contribution in [3.63, 3.8) is 0 Å². The molecule has 0 radical (unpaired) electrons. The second kappa shape index (κ2) is 4.75. The first-order valence-corrected chi connectivity index (χ1v) is 5.25. The highest BCUT2D eigenvalue weighted by atomic mass is 16.3. The van der Waals surface area contributed by atoms with Gasteiger partial charge in [-0.2, -0.15) is 0 Å². The van der Waals surface area contributed by atoms with Crippen LogP contribution >= 0.6 is 0 Å². The Bertz CT molecular complexity index is 194. The number of hydrogen-bond acceptors (Lipinski definition) is 3. The van der Waals surface area contributed by atoms with Crippen LogP contribution in [-0.4, -0.2) is 41.1 Å². The molecule has 0 bridgehead atoms. The van der Waals surface area contributed by atoms with Crippen molar-refractivity contribution in [2.24, 2.45) is 5.73 Å². The number of nitrogens with zero attached hydrogens (tertiary/aromatic N) is 1. The maximum Gasteiger partial charge on any atom is 0.222 e. The Morgan fingerprint density at radius 1 is 1.50 bits per heavy atom. The lowest BCUT2D eigenvalue weighted by Gasteiger charge is -2.35. The number of piperidine rings is 1. The largest absolute Gasteiger partial charge is 0.390 e. The van der Waals surface area contributed by atoms with Gasteiger partial charge in [0, 0.05) is 19.5 Å². The lowest BCUT2D eigenvalue weighted by atomic mass is 9.93. The predicted octanol–water partition coefficient (Wildman–Crippen LogP) is 0.0987. The molecule has 14 heavy (non-hydrogen) atoms. The van der Waals surface area contributed by atoms with E-state index in [0.717, 1.165) is 6.42 Å². The van der Waals surface area contributed by atoms with E-state index in [2.05, 4.69) is 0 Å². The molecule has 4 nitrogen and oxygen atoms in total. The van der Waals surface area contributed by atoms with Crippen LogP contribution in [0.3, 0.4) is 0 Å². The minimum absolute atomic E-state index is 0.172. The van der Waals surface area contributed by atoms with Crippen LogP contribution in [0.5, 0.6) is 0 Å². The first-order chi connectivity index (χ1) is 6.55. The van der Waals surface area contributed by atoms with E-state index in [-0.39, 0.29) is 5.91 Å². The molecule has 1 saturated heterocycles. The highest BCUT2D eigenvalue weighted by molar-refractivity contribution is 5.76. The van der Waals surface area contributed by atoms with Crippen molar-refractivity contribution in [1.29, 1.82) is 0 Å². The smallest absolute Gasteiger partial charge is 0.222 e. The molecular formula is C10H20N2O2. The molecule has 0 unspecified atom stereocenters. The van der Waals surface area contributed by atoms with Crippen LogP contribution < -0.4 is 5.73 Å². The van der Waals surface area contributed by atoms with Crippen molar-refractivity contribution in [3.05, 3.63) is 0 Å². The Labute approximate surface area is 85.1 Å². The van der Waals surface area contributed by atoms with Crippen LogP contribution in [0.25, 0.3) is 0 Å². The molecule has 0 spiro atoms. The molecular weight excluding hydrogens is 180 g/mol. The monoisotopic (exact) mass is 200 g/mol. The van der Waals surface area contributed by atoms with Crippen molar-refractivity contribution >= 4 is 5.91 Å². The molecule has 1 aliphatic rings. The van der Waals surface area contributed by atoms with E-state index in [9.17, 15) is 9.90 Å². The van der Waals surface area contributed by atoms with Crippen molar-refractivity contribution in [2.45, 2.75) is 38.2 Å². The van der Waals surface area contributed by atoms with Crippen LogP contribution in [0.4, 0.5) is 0 Å². The normalized spacial score (nSPS) is 20.9. The third kappa shape index (κ3) is 3.27. The lowest BCUT2D eigenvalue weighted by molar-refractivity contribution is -0.134. The fraction of sp³-hybridized carbons (Fsp3) is 0.900. The van der Waals surface area contributed by atoms with Gasteiger partial charge in [0.05, 0.1) is 5.60 Å². The van der Waals surface area contributed by atoms with Crippen LogP contribution in [0.2, 0.25) is 0 Å². The summed E-state index contributed by atoms with van der Waals surface area (Å²) < 4.78 is 0. The second-order valence-corrected chi connectivity index (χ2v) is 4.27. The summed E-state index contributed by atoms with van der Waals surface area (Å²) in [6, 6.07) is 0. The Hall–Kier alpha value is -0.610. The maximum atomic E-state index is 11.6. The SMILES string of the molecule is CC1(O)CCN(C(=O)CCCN)CC1. The molecule has 1 heterocycles. The third-order valence-electron chi connectivity index (χ3n) is 2.79.